The normalized spacial score (nSPS) is 13.8. The van der Waals surface area contributed by atoms with Crippen molar-refractivity contribution in [1.29, 1.82) is 0 Å². The van der Waals surface area contributed by atoms with Crippen molar-refractivity contribution in [2.45, 2.75) is 32.7 Å². The zero-order chi connectivity index (χ0) is 14.6. The van der Waals surface area contributed by atoms with Gasteiger partial charge in [0.15, 0.2) is 0 Å². The summed E-state index contributed by atoms with van der Waals surface area (Å²) in [5.41, 5.74) is 4.18. The summed E-state index contributed by atoms with van der Waals surface area (Å²) in [6, 6.07) is 16.6. The second kappa shape index (κ2) is 6.10. The molecule has 0 saturated heterocycles. The minimum Gasteiger partial charge on any atom is -0.394 e. The Hall–Kier alpha value is -1.80. The number of rotatable bonds is 5. The predicted molar refractivity (Wildman–Crippen MR) is 85.0 cm³/mol. The quantitative estimate of drug-likeness (QED) is 0.859. The molecule has 2 rings (SSSR count). The molecule has 0 aromatic heterocycles. The fourth-order valence-corrected chi connectivity index (χ4v) is 2.45. The molecule has 0 heterocycles. The van der Waals surface area contributed by atoms with Crippen molar-refractivity contribution in [3.8, 4) is 0 Å². The van der Waals surface area contributed by atoms with Gasteiger partial charge in [-0.3, -0.25) is 0 Å². The molecule has 0 bridgehead atoms. The SMILES string of the molecule is CCC(CO)(Nc1ccccc1C)c1ccc(C)cc1. The van der Waals surface area contributed by atoms with Crippen LogP contribution in [-0.4, -0.2) is 11.7 Å². The van der Waals surface area contributed by atoms with Gasteiger partial charge in [-0.2, -0.15) is 0 Å². The van der Waals surface area contributed by atoms with E-state index in [1.165, 1.54) is 11.1 Å². The smallest absolute Gasteiger partial charge is 0.0854 e. The van der Waals surface area contributed by atoms with Crippen LogP contribution in [0.15, 0.2) is 48.5 Å². The van der Waals surface area contributed by atoms with Crippen LogP contribution in [0.25, 0.3) is 0 Å². The Morgan fingerprint density at radius 3 is 2.20 bits per heavy atom. The summed E-state index contributed by atoms with van der Waals surface area (Å²) < 4.78 is 0. The number of benzene rings is 2. The minimum absolute atomic E-state index is 0.0703. The van der Waals surface area contributed by atoms with Gasteiger partial charge in [-0.1, -0.05) is 55.0 Å². The van der Waals surface area contributed by atoms with E-state index in [0.717, 1.165) is 17.7 Å². The average Bonchev–Trinajstić information content (AvgIpc) is 2.48. The number of para-hydroxylation sites is 1. The van der Waals surface area contributed by atoms with Crippen molar-refractivity contribution in [2.75, 3.05) is 11.9 Å². The van der Waals surface area contributed by atoms with Crippen molar-refractivity contribution in [2.24, 2.45) is 0 Å². The Kier molecular flexibility index (Phi) is 4.46. The summed E-state index contributed by atoms with van der Waals surface area (Å²) in [7, 11) is 0. The minimum atomic E-state index is -0.431. The lowest BCUT2D eigenvalue weighted by Crippen LogP contribution is -2.38. The summed E-state index contributed by atoms with van der Waals surface area (Å²) in [4.78, 5) is 0. The largest absolute Gasteiger partial charge is 0.394 e. The van der Waals surface area contributed by atoms with Crippen molar-refractivity contribution < 1.29 is 5.11 Å². The van der Waals surface area contributed by atoms with E-state index < -0.39 is 5.54 Å². The van der Waals surface area contributed by atoms with Gasteiger partial charge in [0, 0.05) is 5.69 Å². The molecule has 0 saturated carbocycles. The highest BCUT2D eigenvalue weighted by atomic mass is 16.3. The fraction of sp³-hybridized carbons (Fsp3) is 0.333. The molecule has 0 spiro atoms. The molecule has 0 aliphatic carbocycles. The van der Waals surface area contributed by atoms with E-state index in [0.29, 0.717) is 0 Å². The van der Waals surface area contributed by atoms with Crippen LogP contribution >= 0.6 is 0 Å². The maximum atomic E-state index is 9.99. The lowest BCUT2D eigenvalue weighted by Gasteiger charge is -2.34. The number of aryl methyl sites for hydroxylation is 2. The predicted octanol–water partition coefficient (Wildman–Crippen LogP) is 4.01. The number of aliphatic hydroxyl groups is 1. The monoisotopic (exact) mass is 269 g/mol. The highest BCUT2D eigenvalue weighted by Crippen LogP contribution is 2.31. The zero-order valence-corrected chi connectivity index (χ0v) is 12.5. The first kappa shape index (κ1) is 14.6. The van der Waals surface area contributed by atoms with Gasteiger partial charge in [-0.25, -0.2) is 0 Å². The topological polar surface area (TPSA) is 32.3 Å². The first-order chi connectivity index (χ1) is 9.61. The molecular formula is C18H23NO. The maximum Gasteiger partial charge on any atom is 0.0854 e. The third-order valence-electron chi connectivity index (χ3n) is 4.00. The Bertz CT molecular complexity index is 556. The van der Waals surface area contributed by atoms with E-state index in [1.54, 1.807) is 0 Å². The molecule has 20 heavy (non-hydrogen) atoms. The number of hydrogen-bond donors (Lipinski definition) is 2. The van der Waals surface area contributed by atoms with E-state index in [-0.39, 0.29) is 6.61 Å². The molecule has 2 N–H and O–H groups in total. The molecule has 0 aliphatic rings. The number of hydrogen-bond acceptors (Lipinski definition) is 2. The molecule has 2 nitrogen and oxygen atoms in total. The van der Waals surface area contributed by atoms with Crippen LogP contribution in [0.4, 0.5) is 5.69 Å². The van der Waals surface area contributed by atoms with Gasteiger partial charge in [0.2, 0.25) is 0 Å². The van der Waals surface area contributed by atoms with E-state index in [9.17, 15) is 5.11 Å². The first-order valence-electron chi connectivity index (χ1n) is 7.13. The molecule has 1 atom stereocenters. The molecule has 1 unspecified atom stereocenters. The van der Waals surface area contributed by atoms with E-state index in [1.807, 2.05) is 12.1 Å². The Labute approximate surface area is 121 Å². The van der Waals surface area contributed by atoms with Crippen LogP contribution in [0.1, 0.15) is 30.0 Å². The van der Waals surface area contributed by atoms with E-state index >= 15 is 0 Å². The maximum absolute atomic E-state index is 9.99. The summed E-state index contributed by atoms with van der Waals surface area (Å²) in [6.45, 7) is 6.32. The zero-order valence-electron chi connectivity index (χ0n) is 12.5. The van der Waals surface area contributed by atoms with Gasteiger partial charge in [0.1, 0.15) is 0 Å². The first-order valence-corrected chi connectivity index (χ1v) is 7.13. The lowest BCUT2D eigenvalue weighted by molar-refractivity contribution is 0.207. The van der Waals surface area contributed by atoms with Gasteiger partial charge in [-0.15, -0.1) is 0 Å². The van der Waals surface area contributed by atoms with Crippen molar-refractivity contribution in [3.63, 3.8) is 0 Å². The van der Waals surface area contributed by atoms with Gasteiger partial charge in [0.05, 0.1) is 12.1 Å². The van der Waals surface area contributed by atoms with Crippen LogP contribution in [0.2, 0.25) is 0 Å². The summed E-state index contributed by atoms with van der Waals surface area (Å²) in [6.07, 6.45) is 0.820. The van der Waals surface area contributed by atoms with Crippen molar-refractivity contribution in [1.82, 2.24) is 0 Å². The molecule has 0 fully saturated rings. The summed E-state index contributed by atoms with van der Waals surface area (Å²) >= 11 is 0. The fourth-order valence-electron chi connectivity index (χ4n) is 2.45. The highest BCUT2D eigenvalue weighted by Gasteiger charge is 2.29. The second-order valence-corrected chi connectivity index (χ2v) is 5.40. The second-order valence-electron chi connectivity index (χ2n) is 5.40. The summed E-state index contributed by atoms with van der Waals surface area (Å²) in [5.74, 6) is 0. The third kappa shape index (κ3) is 2.86. The number of anilines is 1. The van der Waals surface area contributed by atoms with Crippen molar-refractivity contribution in [3.05, 3.63) is 65.2 Å². The molecule has 0 amide bonds. The standard InChI is InChI=1S/C18H23NO/c1-4-18(13-20,16-11-9-14(2)10-12-16)19-17-8-6-5-7-15(17)3/h5-12,19-20H,4,13H2,1-3H3. The average molecular weight is 269 g/mol. The van der Waals surface area contributed by atoms with Crippen molar-refractivity contribution >= 4 is 5.69 Å². The molecule has 106 valence electrons. The highest BCUT2D eigenvalue weighted by molar-refractivity contribution is 5.54. The Balaban J connectivity index is 2.39. The van der Waals surface area contributed by atoms with Crippen LogP contribution in [0.3, 0.4) is 0 Å². The Morgan fingerprint density at radius 1 is 1.00 bits per heavy atom. The van der Waals surface area contributed by atoms with Crippen LogP contribution in [0.5, 0.6) is 0 Å². The van der Waals surface area contributed by atoms with E-state index in [2.05, 4.69) is 62.5 Å². The third-order valence-corrected chi connectivity index (χ3v) is 4.00. The van der Waals surface area contributed by atoms with Gasteiger partial charge in [0.25, 0.3) is 0 Å². The van der Waals surface area contributed by atoms with E-state index in [4.69, 9.17) is 0 Å². The van der Waals surface area contributed by atoms with Crippen LogP contribution in [-0.2, 0) is 5.54 Å². The molecule has 2 heteroatoms. The molecule has 2 aromatic carbocycles. The van der Waals surface area contributed by atoms with Crippen LogP contribution < -0.4 is 5.32 Å². The summed E-state index contributed by atoms with van der Waals surface area (Å²) in [5, 5.41) is 13.5. The van der Waals surface area contributed by atoms with Gasteiger partial charge in [-0.05, 0) is 37.5 Å². The number of nitrogens with one attached hydrogen (secondary N) is 1. The number of aliphatic hydroxyl groups excluding tert-OH is 1. The Morgan fingerprint density at radius 2 is 1.65 bits per heavy atom. The molecular weight excluding hydrogens is 246 g/mol. The van der Waals surface area contributed by atoms with Gasteiger partial charge < -0.3 is 10.4 Å². The molecule has 2 aromatic rings. The molecule has 0 radical (unpaired) electrons. The van der Waals surface area contributed by atoms with Crippen LogP contribution in [0, 0.1) is 13.8 Å². The lowest BCUT2D eigenvalue weighted by atomic mass is 9.87. The van der Waals surface area contributed by atoms with Gasteiger partial charge >= 0.3 is 0 Å². The molecule has 0 aliphatic heterocycles.